The number of allylic oxidation sites excluding steroid dienone is 2. The summed E-state index contributed by atoms with van der Waals surface area (Å²) in [6.07, 6.45) is 1.40. The van der Waals surface area contributed by atoms with E-state index in [9.17, 15) is 41.6 Å². The molecule has 17 heteroatoms. The van der Waals surface area contributed by atoms with Gasteiger partial charge in [-0.15, -0.1) is 0 Å². The van der Waals surface area contributed by atoms with Gasteiger partial charge in [0.2, 0.25) is 21.8 Å². The Hall–Kier alpha value is -4.54. The molecule has 3 N–H and O–H groups in total. The van der Waals surface area contributed by atoms with Crippen LogP contribution in [-0.2, 0) is 51.8 Å². The molecule has 5 aliphatic rings. The van der Waals surface area contributed by atoms with E-state index in [1.54, 1.807) is 39.8 Å². The van der Waals surface area contributed by atoms with E-state index >= 15 is 0 Å². The van der Waals surface area contributed by atoms with Crippen molar-refractivity contribution in [2.75, 3.05) is 6.54 Å². The van der Waals surface area contributed by atoms with Crippen LogP contribution in [0.25, 0.3) is 0 Å². The maximum atomic E-state index is 14.4. The summed E-state index contributed by atoms with van der Waals surface area (Å²) in [6, 6.07) is 1.71. The molecule has 52 heavy (non-hydrogen) atoms. The molecule has 6 atom stereocenters. The molecule has 3 fully saturated rings. The van der Waals surface area contributed by atoms with Crippen LogP contribution >= 0.6 is 0 Å². The van der Waals surface area contributed by atoms with Crippen LogP contribution in [-0.4, -0.2) is 95.0 Å². The Balaban J connectivity index is 1.25. The van der Waals surface area contributed by atoms with Crippen molar-refractivity contribution >= 4 is 45.7 Å². The van der Waals surface area contributed by atoms with E-state index < -0.39 is 92.0 Å². The summed E-state index contributed by atoms with van der Waals surface area (Å²) in [5, 5.41) is 4.55. The molecule has 15 nitrogen and oxygen atoms in total. The van der Waals surface area contributed by atoms with E-state index in [1.165, 1.54) is 23.1 Å². The number of amides is 5. The van der Waals surface area contributed by atoms with Gasteiger partial charge in [0.25, 0.3) is 5.91 Å². The van der Waals surface area contributed by atoms with Gasteiger partial charge >= 0.3 is 12.2 Å². The van der Waals surface area contributed by atoms with Crippen LogP contribution < -0.4 is 15.4 Å². The fourth-order valence-corrected chi connectivity index (χ4v) is 8.58. The molecule has 1 saturated heterocycles. The standard InChI is InChI=1S/C35H44FN5O10S/c1-5-20-15-35(20,31(45)39-52(48,49)22-12-13-22)38-29(43)26-14-21(50-33(47)40-16-19-8-6-10-25(36)24(19)18-40)17-41(26)30(44)28(23-9-7-11-27(23)42)37-32(46)51-34(2,3)4/h6-8,10-11,20-23,26,28H,5,9,12-18H2,1-4H3,(H,37,46)(H,38,43)(H,39,45)/t20?,21-,23?,26+,28+,35-/m1/s1. The summed E-state index contributed by atoms with van der Waals surface area (Å²) in [7, 11) is -3.93. The number of carbonyl (C=O) groups excluding carboxylic acids is 6. The van der Waals surface area contributed by atoms with Gasteiger partial charge in [-0.2, -0.15) is 0 Å². The minimum absolute atomic E-state index is 0.0431. The number of nitrogens with zero attached hydrogens (tertiary/aromatic N) is 2. The maximum Gasteiger partial charge on any atom is 0.410 e. The highest BCUT2D eigenvalue weighted by atomic mass is 32.2. The number of nitrogens with one attached hydrogen (secondary N) is 3. The third-order valence-corrected chi connectivity index (χ3v) is 12.0. The van der Waals surface area contributed by atoms with Crippen molar-refractivity contribution in [2.45, 2.75) is 114 Å². The lowest BCUT2D eigenvalue weighted by atomic mass is 9.94. The summed E-state index contributed by atoms with van der Waals surface area (Å²) in [5.41, 5.74) is -1.52. The third-order valence-electron chi connectivity index (χ3n) is 10.2. The molecule has 0 bridgehead atoms. The van der Waals surface area contributed by atoms with Gasteiger partial charge in [-0.3, -0.25) is 28.8 Å². The highest BCUT2D eigenvalue weighted by molar-refractivity contribution is 7.91. The van der Waals surface area contributed by atoms with Crippen LogP contribution in [0.15, 0.2) is 30.4 Å². The summed E-state index contributed by atoms with van der Waals surface area (Å²) in [6.45, 7) is 6.41. The van der Waals surface area contributed by atoms with Crippen molar-refractivity contribution < 1.29 is 51.0 Å². The summed E-state index contributed by atoms with van der Waals surface area (Å²) in [4.78, 5) is 83.6. The molecule has 2 aliphatic heterocycles. The molecular formula is C35H44FN5O10S. The first kappa shape index (κ1) is 37.2. The Labute approximate surface area is 301 Å². The topological polar surface area (TPSA) is 198 Å². The molecule has 282 valence electrons. The molecule has 1 aromatic carbocycles. The Kier molecular flexibility index (Phi) is 9.87. The molecule has 2 heterocycles. The zero-order chi connectivity index (χ0) is 37.7. The first-order valence-corrected chi connectivity index (χ1v) is 19.1. The van der Waals surface area contributed by atoms with Crippen LogP contribution in [0, 0.1) is 17.7 Å². The Morgan fingerprint density at radius 1 is 1.12 bits per heavy atom. The molecule has 0 spiro atoms. The largest absolute Gasteiger partial charge is 0.444 e. The molecule has 0 aromatic heterocycles. The van der Waals surface area contributed by atoms with Crippen molar-refractivity contribution in [1.29, 1.82) is 0 Å². The molecule has 2 saturated carbocycles. The summed E-state index contributed by atoms with van der Waals surface area (Å²) >= 11 is 0. The predicted molar refractivity (Wildman–Crippen MR) is 181 cm³/mol. The quantitative estimate of drug-likeness (QED) is 0.319. The zero-order valence-corrected chi connectivity index (χ0v) is 30.3. The van der Waals surface area contributed by atoms with E-state index in [4.69, 9.17) is 9.47 Å². The smallest absolute Gasteiger partial charge is 0.410 e. The zero-order valence-electron chi connectivity index (χ0n) is 29.5. The van der Waals surface area contributed by atoms with Crippen molar-refractivity contribution in [3.05, 3.63) is 47.3 Å². The lowest BCUT2D eigenvalue weighted by Gasteiger charge is -2.32. The second kappa shape index (κ2) is 13.8. The number of benzene rings is 1. The van der Waals surface area contributed by atoms with Gasteiger partial charge in [0.1, 0.15) is 35.1 Å². The van der Waals surface area contributed by atoms with E-state index in [-0.39, 0.29) is 44.8 Å². The first-order valence-electron chi connectivity index (χ1n) is 17.5. The number of hydrogen-bond donors (Lipinski definition) is 3. The fraction of sp³-hybridized carbons (Fsp3) is 0.600. The van der Waals surface area contributed by atoms with Gasteiger partial charge in [0.15, 0.2) is 5.78 Å². The monoisotopic (exact) mass is 745 g/mol. The normalized spacial score (nSPS) is 27.1. The van der Waals surface area contributed by atoms with E-state index in [0.717, 1.165) is 4.90 Å². The van der Waals surface area contributed by atoms with E-state index in [1.807, 2.05) is 0 Å². The minimum Gasteiger partial charge on any atom is -0.444 e. The summed E-state index contributed by atoms with van der Waals surface area (Å²) < 4.78 is 53.0. The lowest BCUT2D eigenvalue weighted by Crippen LogP contribution is -2.59. The number of hydrogen-bond acceptors (Lipinski definition) is 10. The van der Waals surface area contributed by atoms with E-state index in [0.29, 0.717) is 30.4 Å². The number of sulfonamides is 1. The molecule has 6 rings (SSSR count). The highest BCUT2D eigenvalue weighted by Crippen LogP contribution is 2.47. The lowest BCUT2D eigenvalue weighted by molar-refractivity contribution is -0.143. The van der Waals surface area contributed by atoms with Gasteiger partial charge in [-0.25, -0.2) is 22.4 Å². The third kappa shape index (κ3) is 7.64. The van der Waals surface area contributed by atoms with Crippen molar-refractivity contribution in [2.24, 2.45) is 11.8 Å². The van der Waals surface area contributed by atoms with Gasteiger partial charge in [-0.05, 0) is 70.1 Å². The Bertz CT molecular complexity index is 1830. The average Bonchev–Trinajstić information content (AvgIpc) is 3.89. The first-order chi connectivity index (χ1) is 24.4. The van der Waals surface area contributed by atoms with E-state index in [2.05, 4.69) is 15.4 Å². The number of alkyl carbamates (subject to hydrolysis) is 1. The Morgan fingerprint density at radius 2 is 1.85 bits per heavy atom. The van der Waals surface area contributed by atoms with Gasteiger partial charge in [0.05, 0.1) is 24.3 Å². The second-order valence-electron chi connectivity index (χ2n) is 15.2. The molecular weight excluding hydrogens is 701 g/mol. The molecule has 5 amide bonds. The predicted octanol–water partition coefficient (Wildman–Crippen LogP) is 2.18. The maximum absolute atomic E-state index is 14.4. The number of ether oxygens (including phenoxy) is 2. The van der Waals surface area contributed by atoms with Gasteiger partial charge < -0.3 is 25.0 Å². The SMILES string of the molecule is CCC1C[C@]1(NC(=O)[C@@H]1C[C@@H](OC(=O)N2Cc3cccc(F)c3C2)CN1C(=O)[C@@H](NC(=O)OC(C)(C)C)C1CC=CC1=O)C(=O)NS(=O)(=O)C1CC1. The number of halogens is 1. The van der Waals surface area contributed by atoms with Gasteiger partial charge in [0, 0.05) is 18.5 Å². The van der Waals surface area contributed by atoms with Crippen LogP contribution in [0.5, 0.6) is 0 Å². The van der Waals surface area contributed by atoms with Crippen LogP contribution in [0.4, 0.5) is 14.0 Å². The fourth-order valence-electron chi connectivity index (χ4n) is 7.22. The van der Waals surface area contributed by atoms with Crippen molar-refractivity contribution in [3.63, 3.8) is 0 Å². The minimum atomic E-state index is -3.93. The van der Waals surface area contributed by atoms with Crippen LogP contribution in [0.1, 0.15) is 77.3 Å². The Morgan fingerprint density at radius 3 is 2.44 bits per heavy atom. The van der Waals surface area contributed by atoms with Crippen LogP contribution in [0.3, 0.4) is 0 Å². The number of fused-ring (bicyclic) bond motifs is 1. The number of rotatable bonds is 10. The second-order valence-corrected chi connectivity index (χ2v) is 17.2. The number of ketones is 1. The summed E-state index contributed by atoms with van der Waals surface area (Å²) in [5.74, 6) is -4.77. The number of carbonyl (C=O) groups is 6. The highest BCUT2D eigenvalue weighted by Gasteiger charge is 2.62. The molecule has 1 aromatic rings. The molecule has 2 unspecified atom stereocenters. The molecule has 0 radical (unpaired) electrons. The van der Waals surface area contributed by atoms with Gasteiger partial charge in [-0.1, -0.05) is 31.6 Å². The number of likely N-dealkylation sites (tertiary alicyclic amines) is 1. The van der Waals surface area contributed by atoms with Crippen molar-refractivity contribution in [1.82, 2.24) is 25.2 Å². The average molecular weight is 746 g/mol. The van der Waals surface area contributed by atoms with Crippen LogP contribution in [0.2, 0.25) is 0 Å². The molecule has 3 aliphatic carbocycles. The van der Waals surface area contributed by atoms with Crippen molar-refractivity contribution in [3.8, 4) is 0 Å².